The number of fused-ring (bicyclic) bond motifs is 1. The van der Waals surface area contributed by atoms with E-state index in [1.165, 1.54) is 24.5 Å². The van der Waals surface area contributed by atoms with Gasteiger partial charge in [0, 0.05) is 32.7 Å². The fourth-order valence-corrected chi connectivity index (χ4v) is 4.70. The van der Waals surface area contributed by atoms with Crippen molar-refractivity contribution in [1.29, 1.82) is 0 Å². The first-order valence-electron chi connectivity index (χ1n) is 7.65. The lowest BCUT2D eigenvalue weighted by molar-refractivity contribution is -0.111. The lowest BCUT2D eigenvalue weighted by Gasteiger charge is -2.16. The highest BCUT2D eigenvalue weighted by atomic mass is 79.9. The molecule has 1 N–H and O–H groups in total. The molecular formula is C18H15BrN2O4S. The van der Waals surface area contributed by atoms with Crippen molar-refractivity contribution in [2.24, 2.45) is 0 Å². The second-order valence-corrected chi connectivity index (χ2v) is 7.47. The Labute approximate surface area is 162 Å². The van der Waals surface area contributed by atoms with Gasteiger partial charge in [0.05, 0.1) is 13.7 Å². The maximum absolute atomic E-state index is 12.8. The SMILES string of the molecule is C=CC(=O)Nc1cccc(C(=O)N2Cc3sc(C(=O)OC)c(Br)c3C2)c1. The Hall–Kier alpha value is -2.45. The van der Waals surface area contributed by atoms with Crippen LogP contribution in [0.25, 0.3) is 0 Å². The number of benzene rings is 1. The van der Waals surface area contributed by atoms with Gasteiger partial charge in [0.2, 0.25) is 5.91 Å². The van der Waals surface area contributed by atoms with Gasteiger partial charge in [-0.3, -0.25) is 9.59 Å². The number of methoxy groups -OCH3 is 1. The van der Waals surface area contributed by atoms with Gasteiger partial charge < -0.3 is 15.0 Å². The fourth-order valence-electron chi connectivity index (χ4n) is 2.67. The van der Waals surface area contributed by atoms with Crippen molar-refractivity contribution in [1.82, 2.24) is 4.90 Å². The number of hydrogen-bond donors (Lipinski definition) is 1. The molecule has 6 nitrogen and oxygen atoms in total. The molecule has 8 heteroatoms. The van der Waals surface area contributed by atoms with Crippen molar-refractivity contribution in [3.8, 4) is 0 Å². The standard InChI is InChI=1S/C18H15BrN2O4S/c1-3-14(22)20-11-6-4-5-10(7-11)17(23)21-8-12-13(9-21)26-16(15(12)19)18(24)25-2/h3-7H,1,8-9H2,2H3,(H,20,22). The second kappa shape index (κ2) is 7.43. The van der Waals surface area contributed by atoms with Gasteiger partial charge in [-0.1, -0.05) is 12.6 Å². The number of nitrogens with zero attached hydrogens (tertiary/aromatic N) is 1. The van der Waals surface area contributed by atoms with Gasteiger partial charge in [0.15, 0.2) is 0 Å². The van der Waals surface area contributed by atoms with E-state index in [1.807, 2.05) is 0 Å². The van der Waals surface area contributed by atoms with Crippen molar-refractivity contribution in [3.63, 3.8) is 0 Å². The molecule has 0 aliphatic carbocycles. The Morgan fingerprint density at radius 3 is 2.77 bits per heavy atom. The van der Waals surface area contributed by atoms with E-state index >= 15 is 0 Å². The largest absolute Gasteiger partial charge is 0.465 e. The normalized spacial score (nSPS) is 12.5. The minimum Gasteiger partial charge on any atom is -0.465 e. The molecule has 26 heavy (non-hydrogen) atoms. The topological polar surface area (TPSA) is 75.7 Å². The predicted octanol–water partition coefficient (Wildman–Crippen LogP) is 3.58. The van der Waals surface area contributed by atoms with Crippen LogP contribution in [0.15, 0.2) is 41.4 Å². The number of carbonyl (C=O) groups excluding carboxylic acids is 3. The average Bonchev–Trinajstić information content (AvgIpc) is 3.20. The van der Waals surface area contributed by atoms with Crippen LogP contribution in [0.2, 0.25) is 0 Å². The zero-order chi connectivity index (χ0) is 18.8. The first-order valence-corrected chi connectivity index (χ1v) is 9.26. The first kappa shape index (κ1) is 18.3. The number of nitrogens with one attached hydrogen (secondary N) is 1. The van der Waals surface area contributed by atoms with Crippen LogP contribution in [0.1, 0.15) is 30.5 Å². The van der Waals surface area contributed by atoms with Gasteiger partial charge in [-0.25, -0.2) is 4.79 Å². The lowest BCUT2D eigenvalue weighted by Crippen LogP contribution is -2.25. The van der Waals surface area contributed by atoms with E-state index in [9.17, 15) is 14.4 Å². The smallest absolute Gasteiger partial charge is 0.349 e. The predicted molar refractivity (Wildman–Crippen MR) is 102 cm³/mol. The number of rotatable bonds is 4. The van der Waals surface area contributed by atoms with Crippen LogP contribution in [0.4, 0.5) is 5.69 Å². The highest BCUT2D eigenvalue weighted by molar-refractivity contribution is 9.10. The molecule has 0 saturated heterocycles. The minimum atomic E-state index is -0.389. The molecule has 2 amide bonds. The van der Waals surface area contributed by atoms with Gasteiger partial charge in [-0.2, -0.15) is 0 Å². The Morgan fingerprint density at radius 2 is 2.12 bits per heavy atom. The van der Waals surface area contributed by atoms with Gasteiger partial charge in [0.1, 0.15) is 4.88 Å². The number of carbonyl (C=O) groups is 3. The molecule has 2 heterocycles. The Kier molecular flexibility index (Phi) is 5.24. The molecule has 0 radical (unpaired) electrons. The van der Waals surface area contributed by atoms with Crippen LogP contribution in [0.3, 0.4) is 0 Å². The third-order valence-electron chi connectivity index (χ3n) is 3.93. The Bertz CT molecular complexity index is 922. The number of amides is 2. The number of ether oxygens (including phenoxy) is 1. The minimum absolute atomic E-state index is 0.144. The van der Waals surface area contributed by atoms with Crippen molar-refractivity contribution in [2.45, 2.75) is 13.1 Å². The van der Waals surface area contributed by atoms with E-state index in [2.05, 4.69) is 27.8 Å². The quantitative estimate of drug-likeness (QED) is 0.589. The molecule has 3 rings (SSSR count). The van der Waals surface area contributed by atoms with E-state index in [0.717, 1.165) is 10.4 Å². The zero-order valence-corrected chi connectivity index (χ0v) is 16.3. The number of halogens is 1. The first-order chi connectivity index (χ1) is 12.4. The summed E-state index contributed by atoms with van der Waals surface area (Å²) in [6.45, 7) is 4.24. The molecule has 1 aliphatic rings. The average molecular weight is 435 g/mol. The molecule has 0 bridgehead atoms. The number of thiophene rings is 1. The Morgan fingerprint density at radius 1 is 1.35 bits per heavy atom. The summed E-state index contributed by atoms with van der Waals surface area (Å²) in [4.78, 5) is 39.1. The summed E-state index contributed by atoms with van der Waals surface area (Å²) in [7, 11) is 1.34. The van der Waals surface area contributed by atoms with Gasteiger partial charge >= 0.3 is 5.97 Å². The molecule has 2 aromatic rings. The summed E-state index contributed by atoms with van der Waals surface area (Å²) in [5, 5.41) is 2.64. The maximum atomic E-state index is 12.8. The van der Waals surface area contributed by atoms with Gasteiger partial charge in [-0.05, 0) is 40.2 Å². The molecule has 1 aromatic heterocycles. The zero-order valence-electron chi connectivity index (χ0n) is 13.9. The molecule has 0 fully saturated rings. The summed E-state index contributed by atoms with van der Waals surface area (Å²) in [6.07, 6.45) is 1.17. The maximum Gasteiger partial charge on any atom is 0.349 e. The monoisotopic (exact) mass is 434 g/mol. The van der Waals surface area contributed by atoms with Crippen molar-refractivity contribution in [3.05, 3.63) is 62.3 Å². The van der Waals surface area contributed by atoms with Gasteiger partial charge in [-0.15, -0.1) is 11.3 Å². The molecule has 1 aromatic carbocycles. The van der Waals surface area contributed by atoms with E-state index < -0.39 is 0 Å². The molecule has 1 aliphatic heterocycles. The van der Waals surface area contributed by atoms with Crippen molar-refractivity contribution < 1.29 is 19.1 Å². The third-order valence-corrected chi connectivity index (χ3v) is 6.26. The number of anilines is 1. The molecule has 0 atom stereocenters. The number of esters is 1. The fraction of sp³-hybridized carbons (Fsp3) is 0.167. The van der Waals surface area contributed by atoms with Crippen LogP contribution < -0.4 is 5.32 Å². The summed E-state index contributed by atoms with van der Waals surface area (Å²) < 4.78 is 5.46. The van der Waals surface area contributed by atoms with Crippen molar-refractivity contribution in [2.75, 3.05) is 12.4 Å². The summed E-state index contributed by atoms with van der Waals surface area (Å²) >= 11 is 4.77. The number of hydrogen-bond acceptors (Lipinski definition) is 5. The lowest BCUT2D eigenvalue weighted by atomic mass is 10.1. The highest BCUT2D eigenvalue weighted by Gasteiger charge is 2.31. The van der Waals surface area contributed by atoms with E-state index in [1.54, 1.807) is 29.2 Å². The van der Waals surface area contributed by atoms with Crippen LogP contribution in [0.5, 0.6) is 0 Å². The van der Waals surface area contributed by atoms with Crippen molar-refractivity contribution >= 4 is 50.7 Å². The molecular weight excluding hydrogens is 420 g/mol. The molecule has 0 unspecified atom stereocenters. The summed E-state index contributed by atoms with van der Waals surface area (Å²) in [6, 6.07) is 6.75. The molecule has 0 saturated carbocycles. The summed E-state index contributed by atoms with van der Waals surface area (Å²) in [5.41, 5.74) is 1.94. The van der Waals surface area contributed by atoms with Crippen LogP contribution in [-0.4, -0.2) is 29.8 Å². The van der Waals surface area contributed by atoms with Crippen LogP contribution in [-0.2, 0) is 22.6 Å². The summed E-state index contributed by atoms with van der Waals surface area (Å²) in [5.74, 6) is -0.869. The second-order valence-electron chi connectivity index (χ2n) is 5.57. The third kappa shape index (κ3) is 3.42. The highest BCUT2D eigenvalue weighted by Crippen LogP contribution is 2.39. The van der Waals surface area contributed by atoms with Crippen LogP contribution >= 0.6 is 27.3 Å². The van der Waals surface area contributed by atoms with E-state index in [4.69, 9.17) is 4.74 Å². The molecule has 134 valence electrons. The Balaban J connectivity index is 1.78. The molecule has 0 spiro atoms. The van der Waals surface area contributed by atoms with Crippen LogP contribution in [0, 0.1) is 0 Å². The van der Waals surface area contributed by atoms with E-state index in [-0.39, 0.29) is 17.8 Å². The van der Waals surface area contributed by atoms with E-state index in [0.29, 0.717) is 33.7 Å². The van der Waals surface area contributed by atoms with Gasteiger partial charge in [0.25, 0.3) is 5.91 Å².